The highest BCUT2D eigenvalue weighted by atomic mass is 35.5. The molecule has 0 unspecified atom stereocenters. The predicted octanol–water partition coefficient (Wildman–Crippen LogP) is 4.79. The summed E-state index contributed by atoms with van der Waals surface area (Å²) in [6, 6.07) is 9.21. The molecule has 1 N–H and O–H groups in total. The Hall–Kier alpha value is -1.76. The van der Waals surface area contributed by atoms with Crippen molar-refractivity contribution in [3.8, 4) is 0 Å². The summed E-state index contributed by atoms with van der Waals surface area (Å²) in [7, 11) is -3.74. The first-order valence-corrected chi connectivity index (χ1v) is 11.0. The summed E-state index contributed by atoms with van der Waals surface area (Å²) in [5, 5.41) is 3.34. The van der Waals surface area contributed by atoms with Crippen molar-refractivity contribution in [1.82, 2.24) is 0 Å². The van der Waals surface area contributed by atoms with Crippen LogP contribution >= 0.6 is 23.2 Å². The van der Waals surface area contributed by atoms with Crippen molar-refractivity contribution in [2.75, 3.05) is 15.9 Å². The third-order valence-electron chi connectivity index (χ3n) is 3.98. The molecule has 0 aliphatic heterocycles. The molecule has 27 heavy (non-hydrogen) atoms. The van der Waals surface area contributed by atoms with Gasteiger partial charge >= 0.3 is 0 Å². The van der Waals surface area contributed by atoms with E-state index in [1.165, 1.54) is 18.2 Å². The smallest absolute Gasteiger partial charge is 0.248 e. The van der Waals surface area contributed by atoms with Gasteiger partial charge in [0.25, 0.3) is 0 Å². The maximum Gasteiger partial charge on any atom is 0.248 e. The van der Waals surface area contributed by atoms with Crippen LogP contribution in [0.15, 0.2) is 36.4 Å². The van der Waals surface area contributed by atoms with Gasteiger partial charge in [-0.05, 0) is 61.7 Å². The lowest BCUT2D eigenvalue weighted by Gasteiger charge is -2.30. The SMILES string of the molecule is CC[C@@H](C(=O)Nc1cc(C)cc(C)c1)N(c1ccc(Cl)c(Cl)c1)S(C)(=O)=O. The minimum Gasteiger partial charge on any atom is -0.324 e. The minimum atomic E-state index is -3.74. The van der Waals surface area contributed by atoms with Crippen LogP contribution < -0.4 is 9.62 Å². The average molecular weight is 429 g/mol. The van der Waals surface area contributed by atoms with Crippen molar-refractivity contribution < 1.29 is 13.2 Å². The zero-order valence-electron chi connectivity index (χ0n) is 15.6. The lowest BCUT2D eigenvalue weighted by molar-refractivity contribution is -0.117. The van der Waals surface area contributed by atoms with E-state index >= 15 is 0 Å². The fourth-order valence-corrected chi connectivity index (χ4v) is 4.45. The number of nitrogens with one attached hydrogen (secondary N) is 1. The molecule has 1 atom stereocenters. The van der Waals surface area contributed by atoms with Crippen LogP contribution in [-0.2, 0) is 14.8 Å². The Bertz CT molecular complexity index is 941. The Morgan fingerprint density at radius 1 is 1.07 bits per heavy atom. The first-order chi connectivity index (χ1) is 12.5. The van der Waals surface area contributed by atoms with Gasteiger partial charge in [0.15, 0.2) is 0 Å². The molecule has 0 saturated heterocycles. The van der Waals surface area contributed by atoms with E-state index in [9.17, 15) is 13.2 Å². The quantitative estimate of drug-likeness (QED) is 0.718. The molecule has 0 radical (unpaired) electrons. The molecule has 0 fully saturated rings. The van der Waals surface area contributed by atoms with Gasteiger partial charge in [-0.15, -0.1) is 0 Å². The van der Waals surface area contributed by atoms with E-state index in [-0.39, 0.29) is 17.1 Å². The summed E-state index contributed by atoms with van der Waals surface area (Å²) >= 11 is 12.0. The number of amides is 1. The zero-order chi connectivity index (χ0) is 20.4. The molecule has 1 amide bonds. The number of aryl methyl sites for hydroxylation is 2. The second-order valence-corrected chi connectivity index (χ2v) is 9.12. The Kier molecular flexibility index (Phi) is 6.78. The topological polar surface area (TPSA) is 66.5 Å². The van der Waals surface area contributed by atoms with E-state index in [1.807, 2.05) is 32.0 Å². The van der Waals surface area contributed by atoms with Crippen molar-refractivity contribution in [1.29, 1.82) is 0 Å². The Morgan fingerprint density at radius 2 is 1.67 bits per heavy atom. The summed E-state index contributed by atoms with van der Waals surface area (Å²) in [6.45, 7) is 5.61. The van der Waals surface area contributed by atoms with Crippen molar-refractivity contribution >= 4 is 50.5 Å². The number of nitrogens with zero attached hydrogens (tertiary/aromatic N) is 1. The number of hydrogen-bond donors (Lipinski definition) is 1. The maximum absolute atomic E-state index is 12.9. The van der Waals surface area contributed by atoms with Gasteiger partial charge in [0.05, 0.1) is 22.0 Å². The fraction of sp³-hybridized carbons (Fsp3) is 0.316. The molecule has 5 nitrogen and oxygen atoms in total. The number of halogens is 2. The molecule has 146 valence electrons. The van der Waals surface area contributed by atoms with Crippen LogP contribution in [0.1, 0.15) is 24.5 Å². The highest BCUT2D eigenvalue weighted by molar-refractivity contribution is 7.92. The molecule has 0 bridgehead atoms. The van der Waals surface area contributed by atoms with E-state index < -0.39 is 22.0 Å². The molecule has 0 spiro atoms. The fourth-order valence-electron chi connectivity index (χ4n) is 2.95. The van der Waals surface area contributed by atoms with E-state index in [2.05, 4.69) is 5.32 Å². The van der Waals surface area contributed by atoms with Crippen LogP contribution in [0, 0.1) is 13.8 Å². The predicted molar refractivity (Wildman–Crippen MR) is 112 cm³/mol. The van der Waals surface area contributed by atoms with Crippen molar-refractivity contribution in [2.24, 2.45) is 0 Å². The number of anilines is 2. The monoisotopic (exact) mass is 428 g/mol. The Balaban J connectivity index is 2.42. The number of sulfonamides is 1. The molecule has 2 aromatic rings. The number of carbonyl (C=O) groups is 1. The minimum absolute atomic E-state index is 0.215. The Labute approximate surface area is 170 Å². The van der Waals surface area contributed by atoms with Crippen molar-refractivity contribution in [3.63, 3.8) is 0 Å². The highest BCUT2D eigenvalue weighted by Gasteiger charge is 2.32. The Morgan fingerprint density at radius 3 is 2.15 bits per heavy atom. The zero-order valence-corrected chi connectivity index (χ0v) is 17.9. The van der Waals surface area contributed by atoms with Crippen molar-refractivity contribution in [3.05, 3.63) is 57.6 Å². The van der Waals surface area contributed by atoms with Crippen LogP contribution in [0.2, 0.25) is 10.0 Å². The standard InChI is InChI=1S/C19H22Cl2N2O3S/c1-5-18(19(24)22-14-9-12(2)8-13(3)10-14)23(27(4,25)26)15-6-7-16(20)17(21)11-15/h6-11,18H,5H2,1-4H3,(H,22,24)/t18-/m0/s1. The third-order valence-corrected chi connectivity index (χ3v) is 5.90. The van der Waals surface area contributed by atoms with Gasteiger partial charge in [-0.1, -0.05) is 36.2 Å². The summed E-state index contributed by atoms with van der Waals surface area (Å²) in [5.74, 6) is -0.418. The van der Waals surface area contributed by atoms with E-state index in [0.717, 1.165) is 21.7 Å². The van der Waals surface area contributed by atoms with Crippen LogP contribution in [-0.4, -0.2) is 26.6 Å². The maximum atomic E-state index is 12.9. The van der Waals surface area contributed by atoms with Gasteiger partial charge in [0, 0.05) is 5.69 Å². The summed E-state index contributed by atoms with van der Waals surface area (Å²) in [4.78, 5) is 12.9. The molecule has 0 aromatic heterocycles. The summed E-state index contributed by atoms with van der Waals surface area (Å²) in [6.07, 6.45) is 1.34. The molecule has 2 aromatic carbocycles. The van der Waals surface area contributed by atoms with Crippen LogP contribution in [0.4, 0.5) is 11.4 Å². The lowest BCUT2D eigenvalue weighted by Crippen LogP contribution is -2.47. The highest BCUT2D eigenvalue weighted by Crippen LogP contribution is 2.30. The number of benzene rings is 2. The largest absolute Gasteiger partial charge is 0.324 e. The van der Waals surface area contributed by atoms with Gasteiger partial charge in [-0.25, -0.2) is 8.42 Å². The molecule has 0 aliphatic rings. The molecule has 0 saturated carbocycles. The molecule has 0 aliphatic carbocycles. The molecular formula is C19H22Cl2N2O3S. The van der Waals surface area contributed by atoms with Gasteiger partial charge < -0.3 is 5.32 Å². The number of hydrogen-bond acceptors (Lipinski definition) is 3. The number of rotatable bonds is 6. The molecule has 2 rings (SSSR count). The molecule has 0 heterocycles. The lowest BCUT2D eigenvalue weighted by atomic mass is 10.1. The molecular weight excluding hydrogens is 407 g/mol. The average Bonchev–Trinajstić information content (AvgIpc) is 2.53. The van der Waals surface area contributed by atoms with Crippen LogP contribution in [0.5, 0.6) is 0 Å². The first-order valence-electron chi connectivity index (χ1n) is 8.36. The van der Waals surface area contributed by atoms with Crippen LogP contribution in [0.3, 0.4) is 0 Å². The number of carbonyl (C=O) groups excluding carboxylic acids is 1. The third kappa shape index (κ3) is 5.37. The molecule has 8 heteroatoms. The van der Waals surface area contributed by atoms with E-state index in [1.54, 1.807) is 6.92 Å². The van der Waals surface area contributed by atoms with Gasteiger partial charge in [0.2, 0.25) is 15.9 Å². The summed E-state index contributed by atoms with van der Waals surface area (Å²) in [5.41, 5.74) is 2.92. The van der Waals surface area contributed by atoms with Gasteiger partial charge in [-0.3, -0.25) is 9.10 Å². The normalized spacial score (nSPS) is 12.5. The van der Waals surface area contributed by atoms with E-state index in [0.29, 0.717) is 10.7 Å². The summed E-state index contributed by atoms with van der Waals surface area (Å²) < 4.78 is 26.0. The van der Waals surface area contributed by atoms with Crippen molar-refractivity contribution in [2.45, 2.75) is 33.2 Å². The van der Waals surface area contributed by atoms with Gasteiger partial charge in [-0.2, -0.15) is 0 Å². The second-order valence-electron chi connectivity index (χ2n) is 6.45. The van der Waals surface area contributed by atoms with Crippen LogP contribution in [0.25, 0.3) is 0 Å². The second kappa shape index (κ2) is 8.50. The first kappa shape index (κ1) is 21.5. The van der Waals surface area contributed by atoms with E-state index in [4.69, 9.17) is 23.2 Å². The van der Waals surface area contributed by atoms with Gasteiger partial charge in [0.1, 0.15) is 6.04 Å².